The first-order valence-corrected chi connectivity index (χ1v) is 14.2. The van der Waals surface area contributed by atoms with Gasteiger partial charge in [0.25, 0.3) is 0 Å². The number of carboxylic acids is 8. The van der Waals surface area contributed by atoms with Crippen molar-refractivity contribution in [3.63, 3.8) is 0 Å². The van der Waals surface area contributed by atoms with Crippen LogP contribution in [0.15, 0.2) is 72.8 Å². The predicted octanol–water partition coefficient (Wildman–Crippen LogP) is 4.70. The van der Waals surface area contributed by atoms with Crippen LogP contribution in [0.2, 0.25) is 0 Å². The Labute approximate surface area is 285 Å². The van der Waals surface area contributed by atoms with Crippen LogP contribution in [-0.4, -0.2) is 88.6 Å². The van der Waals surface area contributed by atoms with E-state index in [0.717, 1.165) is 12.1 Å². The summed E-state index contributed by atoms with van der Waals surface area (Å²) in [6.07, 6.45) is -0.245. The average molecular weight is 703 g/mol. The summed E-state index contributed by atoms with van der Waals surface area (Å²) in [7, 11) is 0. The fourth-order valence-corrected chi connectivity index (χ4v) is 5.14. The quantitative estimate of drug-likeness (QED) is 0.0991. The summed E-state index contributed by atoms with van der Waals surface area (Å²) in [6, 6.07) is 15.3. The molecule has 16 nitrogen and oxygen atoms in total. The third kappa shape index (κ3) is 8.57. The molecule has 0 spiro atoms. The zero-order valence-electron chi connectivity index (χ0n) is 26.1. The normalized spacial score (nSPS) is 10.4. The predicted molar refractivity (Wildman–Crippen MR) is 172 cm³/mol. The Balaban J connectivity index is 0.000000276. The molecule has 0 saturated heterocycles. The van der Waals surface area contributed by atoms with Gasteiger partial charge in [0.05, 0.1) is 44.5 Å². The van der Waals surface area contributed by atoms with Gasteiger partial charge in [-0.3, -0.25) is 0 Å². The van der Waals surface area contributed by atoms with E-state index in [-0.39, 0.29) is 39.8 Å². The number of aromatic carboxylic acids is 8. The van der Waals surface area contributed by atoms with Crippen molar-refractivity contribution in [2.24, 2.45) is 0 Å². The highest BCUT2D eigenvalue weighted by atomic mass is 16.4. The number of carboxylic acid groups (broad SMARTS) is 8. The zero-order valence-corrected chi connectivity index (χ0v) is 26.1. The maximum atomic E-state index is 11.5. The molecule has 0 atom stereocenters. The molecule has 4 aromatic rings. The van der Waals surface area contributed by atoms with Gasteiger partial charge in [-0.05, 0) is 65.1 Å². The van der Waals surface area contributed by atoms with Crippen LogP contribution in [0.5, 0.6) is 0 Å². The summed E-state index contributed by atoms with van der Waals surface area (Å²) in [4.78, 5) is 90.2. The maximum absolute atomic E-state index is 11.5. The summed E-state index contributed by atoms with van der Waals surface area (Å²) in [6.45, 7) is 1.67. The molecule has 51 heavy (non-hydrogen) atoms. The molecular formula is C35H26O16. The van der Waals surface area contributed by atoms with Crippen molar-refractivity contribution >= 4 is 47.8 Å². The Morgan fingerprint density at radius 2 is 0.725 bits per heavy atom. The van der Waals surface area contributed by atoms with E-state index in [1.165, 1.54) is 60.7 Å². The Morgan fingerprint density at radius 3 is 1.00 bits per heavy atom. The van der Waals surface area contributed by atoms with E-state index in [9.17, 15) is 58.8 Å². The molecule has 8 N–H and O–H groups in total. The van der Waals surface area contributed by atoms with Crippen LogP contribution in [-0.2, 0) is 6.42 Å². The van der Waals surface area contributed by atoms with Crippen molar-refractivity contribution in [3.05, 3.63) is 140 Å². The van der Waals surface area contributed by atoms with E-state index in [0.29, 0.717) is 11.1 Å². The first kappa shape index (κ1) is 38.1. The monoisotopic (exact) mass is 702 g/mol. The highest BCUT2D eigenvalue weighted by molar-refractivity contribution is 6.05. The molecule has 0 aliphatic rings. The number of rotatable bonds is 12. The Morgan fingerprint density at radius 1 is 0.412 bits per heavy atom. The Hall–Kier alpha value is -7.36. The standard InChI is InChI=1S/C18H14O8.C17H12O8/c1-8(9-2-4-11(15(19)20)13(6-9)17(23)24)10-3-5-12(16(21)22)14(7-10)18(25)26;18-14(19)10-5-1-3-8(12(10)16(22)23)7-9-4-2-6-11(15(20)21)13(9)17(24)25/h2-8H,1H3,(H,19,20)(H,21,22)(H,23,24)(H,25,26);1-6H,7H2,(H,18,19)(H,20,21)(H,22,23)(H,24,25). The van der Waals surface area contributed by atoms with Gasteiger partial charge in [0, 0.05) is 5.92 Å². The highest BCUT2D eigenvalue weighted by Crippen LogP contribution is 2.28. The fraction of sp³-hybridized carbons (Fsp3) is 0.0857. The number of benzene rings is 4. The summed E-state index contributed by atoms with van der Waals surface area (Å²) >= 11 is 0. The topological polar surface area (TPSA) is 298 Å². The minimum Gasteiger partial charge on any atom is -0.478 e. The Bertz CT molecular complexity index is 1980. The molecule has 4 aromatic carbocycles. The lowest BCUT2D eigenvalue weighted by Crippen LogP contribution is -2.14. The third-order valence-corrected chi connectivity index (χ3v) is 7.58. The fourth-order valence-electron chi connectivity index (χ4n) is 5.14. The molecule has 0 aliphatic heterocycles. The van der Waals surface area contributed by atoms with Gasteiger partial charge in [-0.2, -0.15) is 0 Å². The third-order valence-electron chi connectivity index (χ3n) is 7.58. The lowest BCUT2D eigenvalue weighted by Gasteiger charge is -2.15. The summed E-state index contributed by atoms with van der Waals surface area (Å²) < 4.78 is 0. The smallest absolute Gasteiger partial charge is 0.336 e. The lowest BCUT2D eigenvalue weighted by atomic mass is 9.88. The lowest BCUT2D eigenvalue weighted by molar-refractivity contribution is 0.0649. The van der Waals surface area contributed by atoms with Gasteiger partial charge in [0.1, 0.15) is 0 Å². The van der Waals surface area contributed by atoms with Crippen molar-refractivity contribution in [2.45, 2.75) is 19.3 Å². The number of carbonyl (C=O) groups is 8. The zero-order chi connectivity index (χ0) is 38.3. The van der Waals surface area contributed by atoms with Gasteiger partial charge in [0.2, 0.25) is 0 Å². The van der Waals surface area contributed by atoms with Crippen LogP contribution in [0.4, 0.5) is 0 Å². The van der Waals surface area contributed by atoms with E-state index in [1.54, 1.807) is 6.92 Å². The first-order chi connectivity index (χ1) is 23.9. The van der Waals surface area contributed by atoms with E-state index in [2.05, 4.69) is 0 Å². The minimum atomic E-state index is -1.47. The summed E-state index contributed by atoms with van der Waals surface area (Å²) in [5.74, 6) is -11.8. The second-order valence-electron chi connectivity index (χ2n) is 10.6. The van der Waals surface area contributed by atoms with E-state index in [4.69, 9.17) is 20.4 Å². The van der Waals surface area contributed by atoms with Gasteiger partial charge < -0.3 is 40.9 Å². The van der Waals surface area contributed by atoms with E-state index in [1.807, 2.05) is 0 Å². The van der Waals surface area contributed by atoms with Gasteiger partial charge in [-0.25, -0.2) is 38.4 Å². The molecule has 0 saturated carbocycles. The van der Waals surface area contributed by atoms with Crippen LogP contribution >= 0.6 is 0 Å². The molecule has 0 unspecified atom stereocenters. The van der Waals surface area contributed by atoms with Crippen LogP contribution in [0.1, 0.15) is 118 Å². The van der Waals surface area contributed by atoms with Crippen molar-refractivity contribution in [1.29, 1.82) is 0 Å². The van der Waals surface area contributed by atoms with Gasteiger partial charge >= 0.3 is 47.8 Å². The summed E-state index contributed by atoms with van der Waals surface area (Å²) in [5, 5.41) is 73.4. The van der Waals surface area contributed by atoms with Gasteiger partial charge in [0.15, 0.2) is 0 Å². The molecule has 16 heteroatoms. The largest absolute Gasteiger partial charge is 0.478 e. The van der Waals surface area contributed by atoms with Crippen molar-refractivity contribution in [3.8, 4) is 0 Å². The molecule has 0 bridgehead atoms. The molecule has 0 fully saturated rings. The van der Waals surface area contributed by atoms with Crippen molar-refractivity contribution in [2.75, 3.05) is 0 Å². The molecule has 0 aliphatic carbocycles. The highest BCUT2D eigenvalue weighted by Gasteiger charge is 2.25. The van der Waals surface area contributed by atoms with Crippen LogP contribution in [0.25, 0.3) is 0 Å². The van der Waals surface area contributed by atoms with Gasteiger partial charge in [-0.15, -0.1) is 0 Å². The van der Waals surface area contributed by atoms with E-state index < -0.39 is 75.9 Å². The molecule has 4 rings (SSSR count). The second kappa shape index (κ2) is 15.7. The van der Waals surface area contributed by atoms with Crippen LogP contribution in [0.3, 0.4) is 0 Å². The summed E-state index contributed by atoms with van der Waals surface area (Å²) in [5.41, 5.74) is -2.26. The van der Waals surface area contributed by atoms with Crippen molar-refractivity contribution in [1.82, 2.24) is 0 Å². The number of hydrogen-bond donors (Lipinski definition) is 8. The van der Waals surface area contributed by atoms with Crippen molar-refractivity contribution < 1.29 is 79.2 Å². The molecule has 262 valence electrons. The molecule has 0 amide bonds. The SMILES string of the molecule is CC(c1ccc(C(=O)O)c(C(=O)O)c1)c1ccc(C(=O)O)c(C(=O)O)c1.O=C(O)c1cccc(Cc2cccc(C(=O)O)c2C(=O)O)c1C(=O)O. The maximum Gasteiger partial charge on any atom is 0.336 e. The first-order valence-electron chi connectivity index (χ1n) is 14.2. The molecule has 0 heterocycles. The minimum absolute atomic E-state index is 0.0671. The average Bonchev–Trinajstić information content (AvgIpc) is 3.06. The second-order valence-corrected chi connectivity index (χ2v) is 10.6. The number of hydrogen-bond acceptors (Lipinski definition) is 8. The Kier molecular flexibility index (Phi) is 11.7. The van der Waals surface area contributed by atoms with Gasteiger partial charge in [-0.1, -0.05) is 43.3 Å². The van der Waals surface area contributed by atoms with E-state index >= 15 is 0 Å². The molecule has 0 radical (unpaired) electrons. The molecule has 0 aromatic heterocycles. The van der Waals surface area contributed by atoms with Crippen LogP contribution < -0.4 is 0 Å². The van der Waals surface area contributed by atoms with Crippen LogP contribution in [0, 0.1) is 0 Å². The molecular weight excluding hydrogens is 676 g/mol.